The van der Waals surface area contributed by atoms with E-state index in [1.165, 1.54) is 23.0 Å². The van der Waals surface area contributed by atoms with Crippen LogP contribution in [-0.4, -0.2) is 71.7 Å². The summed E-state index contributed by atoms with van der Waals surface area (Å²) in [6.45, 7) is 2.48. The first-order valence-corrected chi connectivity index (χ1v) is 14.9. The van der Waals surface area contributed by atoms with Crippen LogP contribution in [0.2, 0.25) is 0 Å². The summed E-state index contributed by atoms with van der Waals surface area (Å²) in [4.78, 5) is 54.2. The highest BCUT2D eigenvalue weighted by atomic mass is 32.1. The maximum Gasteiger partial charge on any atom is 0.490 e. The van der Waals surface area contributed by atoms with Crippen LogP contribution in [0.4, 0.5) is 18.9 Å². The van der Waals surface area contributed by atoms with E-state index >= 15 is 0 Å². The molecule has 1 aliphatic rings. The summed E-state index contributed by atoms with van der Waals surface area (Å²) < 4.78 is 39.7. The summed E-state index contributed by atoms with van der Waals surface area (Å²) in [5, 5.41) is 8.28. The van der Waals surface area contributed by atoms with Crippen molar-refractivity contribution in [3.63, 3.8) is 0 Å². The molecule has 0 atom stereocenters. The number of carbonyl (C=O) groups excluding carboxylic acids is 2. The van der Waals surface area contributed by atoms with Crippen LogP contribution in [0.3, 0.4) is 0 Å². The number of nitrogens with zero attached hydrogens (tertiary/aromatic N) is 3. The van der Waals surface area contributed by atoms with E-state index < -0.39 is 12.1 Å². The number of para-hydroxylation sites is 2. The number of methoxy groups -OCH3 is 1. The first kappa shape index (κ1) is 32.2. The lowest BCUT2D eigenvalue weighted by Gasteiger charge is -2.36. The molecule has 5 aromatic rings. The molecule has 3 aromatic carbocycles. The molecule has 9 nitrogen and oxygen atoms in total. The van der Waals surface area contributed by atoms with Crippen molar-refractivity contribution < 1.29 is 37.4 Å². The lowest BCUT2D eigenvalue weighted by molar-refractivity contribution is -0.192. The van der Waals surface area contributed by atoms with Gasteiger partial charge in [0, 0.05) is 42.8 Å². The fourth-order valence-corrected chi connectivity index (χ4v) is 6.51. The minimum Gasteiger partial charge on any atom is -0.494 e. The molecule has 3 heterocycles. The van der Waals surface area contributed by atoms with Crippen LogP contribution in [0.1, 0.15) is 20.0 Å². The molecule has 0 saturated carbocycles. The number of carboxylic acid groups (broad SMARTS) is 1. The molecule has 0 spiro atoms. The number of thiophene rings is 1. The molecular weight excluding hydrogens is 623 g/mol. The van der Waals surface area contributed by atoms with Crippen LogP contribution in [0.25, 0.3) is 21.0 Å². The molecule has 1 amide bonds. The average molecular weight is 652 g/mol. The number of pyridine rings is 1. The van der Waals surface area contributed by atoms with Gasteiger partial charge in [0.2, 0.25) is 0 Å². The van der Waals surface area contributed by atoms with Crippen molar-refractivity contribution in [2.45, 2.75) is 12.7 Å². The number of aromatic nitrogens is 1. The van der Waals surface area contributed by atoms with Crippen LogP contribution >= 0.6 is 11.3 Å². The SMILES string of the molecule is COc1c(C(=O)N2CCN(c3ccccc3)CC2)sc2c1c(=O)n(CC(=O)c1ccccc1)c1ccccc21.O=C(O)C(F)(F)F. The lowest BCUT2D eigenvalue weighted by Crippen LogP contribution is -2.48. The maximum atomic E-state index is 13.9. The normalized spacial score (nSPS) is 13.3. The zero-order chi connectivity index (χ0) is 33.0. The van der Waals surface area contributed by atoms with Gasteiger partial charge in [-0.05, 0) is 18.2 Å². The van der Waals surface area contributed by atoms with Gasteiger partial charge >= 0.3 is 12.1 Å². The Kier molecular flexibility index (Phi) is 9.42. The molecule has 0 aliphatic carbocycles. The first-order valence-electron chi connectivity index (χ1n) is 14.1. The van der Waals surface area contributed by atoms with E-state index in [-0.39, 0.29) is 29.5 Å². The topological polar surface area (TPSA) is 109 Å². The monoisotopic (exact) mass is 651 g/mol. The zero-order valence-electron chi connectivity index (χ0n) is 24.5. The van der Waals surface area contributed by atoms with Gasteiger partial charge in [-0.25, -0.2) is 4.79 Å². The van der Waals surface area contributed by atoms with Crippen molar-refractivity contribution in [3.8, 4) is 5.75 Å². The molecular formula is C33H28F3N3O6S. The largest absolute Gasteiger partial charge is 0.494 e. The van der Waals surface area contributed by atoms with Gasteiger partial charge in [0.25, 0.3) is 11.5 Å². The van der Waals surface area contributed by atoms with Crippen molar-refractivity contribution in [1.29, 1.82) is 0 Å². The number of amides is 1. The highest BCUT2D eigenvalue weighted by Gasteiger charge is 2.38. The average Bonchev–Trinajstić information content (AvgIpc) is 3.47. The Labute approximate surface area is 264 Å². The number of carbonyl (C=O) groups is 3. The Morgan fingerprint density at radius 1 is 0.870 bits per heavy atom. The molecule has 13 heteroatoms. The van der Waals surface area contributed by atoms with Crippen molar-refractivity contribution in [2.75, 3.05) is 38.2 Å². The van der Waals surface area contributed by atoms with E-state index in [4.69, 9.17) is 14.6 Å². The Morgan fingerprint density at radius 2 is 1.43 bits per heavy atom. The van der Waals surface area contributed by atoms with Crippen molar-refractivity contribution in [1.82, 2.24) is 9.47 Å². The van der Waals surface area contributed by atoms with Gasteiger partial charge in [-0.1, -0.05) is 66.7 Å². The van der Waals surface area contributed by atoms with E-state index in [2.05, 4.69) is 17.0 Å². The number of ether oxygens (including phenoxy) is 1. The van der Waals surface area contributed by atoms with Crippen molar-refractivity contribution >= 4 is 55.7 Å². The van der Waals surface area contributed by atoms with E-state index in [0.717, 1.165) is 24.2 Å². The van der Waals surface area contributed by atoms with Gasteiger partial charge in [0.1, 0.15) is 10.3 Å². The summed E-state index contributed by atoms with van der Waals surface area (Å²) in [5.74, 6) is -2.78. The Balaban J connectivity index is 0.000000537. The van der Waals surface area contributed by atoms with Gasteiger partial charge in [-0.15, -0.1) is 11.3 Å². The molecule has 1 N–H and O–H groups in total. The summed E-state index contributed by atoms with van der Waals surface area (Å²) in [6, 6.07) is 26.6. The molecule has 0 unspecified atom stereocenters. The number of hydrogen-bond acceptors (Lipinski definition) is 7. The summed E-state index contributed by atoms with van der Waals surface area (Å²) >= 11 is 1.29. The number of anilines is 1. The second kappa shape index (κ2) is 13.4. The fraction of sp³-hybridized carbons (Fsp3) is 0.212. The quantitative estimate of drug-likeness (QED) is 0.235. The smallest absolute Gasteiger partial charge is 0.490 e. The van der Waals surface area contributed by atoms with Crippen LogP contribution in [0.15, 0.2) is 89.7 Å². The highest BCUT2D eigenvalue weighted by Crippen LogP contribution is 2.40. The summed E-state index contributed by atoms with van der Waals surface area (Å²) in [6.07, 6.45) is -5.08. The molecule has 1 aliphatic heterocycles. The highest BCUT2D eigenvalue weighted by molar-refractivity contribution is 7.22. The van der Waals surface area contributed by atoms with Gasteiger partial charge in [-0.2, -0.15) is 13.2 Å². The minimum absolute atomic E-state index is 0.108. The molecule has 1 saturated heterocycles. The van der Waals surface area contributed by atoms with Gasteiger partial charge < -0.3 is 19.6 Å². The third-order valence-corrected chi connectivity index (χ3v) is 8.68. The molecule has 46 heavy (non-hydrogen) atoms. The number of ketones is 1. The van der Waals surface area contributed by atoms with Gasteiger partial charge in [0.15, 0.2) is 11.5 Å². The third-order valence-electron chi connectivity index (χ3n) is 7.49. The van der Waals surface area contributed by atoms with Gasteiger partial charge in [-0.3, -0.25) is 19.0 Å². The predicted molar refractivity (Wildman–Crippen MR) is 169 cm³/mol. The van der Waals surface area contributed by atoms with Crippen LogP contribution < -0.4 is 15.2 Å². The molecule has 0 radical (unpaired) electrons. The second-order valence-electron chi connectivity index (χ2n) is 10.3. The Morgan fingerprint density at radius 3 is 2.02 bits per heavy atom. The van der Waals surface area contributed by atoms with E-state index in [1.807, 2.05) is 53.4 Å². The van der Waals surface area contributed by atoms with Gasteiger partial charge in [0.05, 0.1) is 23.9 Å². The number of piperazine rings is 1. The Bertz CT molecular complexity index is 1950. The molecule has 1 fully saturated rings. The van der Waals surface area contributed by atoms with Crippen LogP contribution in [0.5, 0.6) is 5.75 Å². The summed E-state index contributed by atoms with van der Waals surface area (Å²) in [7, 11) is 1.49. The molecule has 2 aromatic heterocycles. The second-order valence-corrected chi connectivity index (χ2v) is 11.3. The number of alkyl halides is 3. The summed E-state index contributed by atoms with van der Waals surface area (Å²) in [5.41, 5.74) is 1.99. The predicted octanol–water partition coefficient (Wildman–Crippen LogP) is 5.70. The van der Waals surface area contributed by atoms with E-state index in [9.17, 15) is 27.6 Å². The third kappa shape index (κ3) is 6.59. The number of Topliss-reactive ketones (excluding diaryl/α,β-unsaturated/α-hetero) is 1. The molecule has 238 valence electrons. The lowest BCUT2D eigenvalue weighted by atomic mass is 10.1. The number of halogens is 3. The molecule has 6 rings (SSSR count). The zero-order valence-corrected chi connectivity index (χ0v) is 25.3. The first-order chi connectivity index (χ1) is 22.0. The Hall–Kier alpha value is -5.17. The maximum absolute atomic E-state index is 13.9. The van der Waals surface area contributed by atoms with E-state index in [1.54, 1.807) is 24.3 Å². The number of fused-ring (bicyclic) bond motifs is 3. The number of carboxylic acids is 1. The number of benzene rings is 3. The molecule has 0 bridgehead atoms. The number of aliphatic carboxylic acids is 1. The minimum atomic E-state index is -5.08. The standard InChI is InChI=1S/C31H27N3O4S.C2HF3O2/c1-38-27-26-28(39-29(27)31(37)33-18-16-32(17-19-33)22-12-6-3-7-13-22)23-14-8-9-15-24(23)34(30(26)36)20-25(35)21-10-4-2-5-11-21;3-2(4,5)1(6)7/h2-15H,16-20H2,1H3;(H,6,7). The number of rotatable bonds is 6. The van der Waals surface area contributed by atoms with Crippen molar-refractivity contribution in [2.24, 2.45) is 0 Å². The van der Waals surface area contributed by atoms with Crippen LogP contribution in [0, 0.1) is 0 Å². The van der Waals surface area contributed by atoms with Crippen molar-refractivity contribution in [3.05, 3.63) is 106 Å². The number of hydrogen-bond donors (Lipinski definition) is 1. The fourth-order valence-electron chi connectivity index (χ4n) is 5.25. The van der Waals surface area contributed by atoms with Crippen LogP contribution in [-0.2, 0) is 11.3 Å². The van der Waals surface area contributed by atoms with E-state index in [0.29, 0.717) is 39.1 Å².